The summed E-state index contributed by atoms with van der Waals surface area (Å²) in [6, 6.07) is 10.1. The Kier molecular flexibility index (Phi) is 5.80. The summed E-state index contributed by atoms with van der Waals surface area (Å²) in [5, 5.41) is 2.07. The van der Waals surface area contributed by atoms with Crippen LogP contribution in [0, 0.1) is 0 Å². The summed E-state index contributed by atoms with van der Waals surface area (Å²) in [6.45, 7) is 4.32. The Morgan fingerprint density at radius 1 is 1.10 bits per heavy atom. The normalized spacial score (nSPS) is 14.4. The minimum Gasteiger partial charge on any atom is -0.450 e. The van der Waals surface area contributed by atoms with Crippen molar-refractivity contribution >= 4 is 28.3 Å². The van der Waals surface area contributed by atoms with Crippen LogP contribution in [0.5, 0.6) is 0 Å². The van der Waals surface area contributed by atoms with Gasteiger partial charge in [-0.2, -0.15) is 0 Å². The van der Waals surface area contributed by atoms with Gasteiger partial charge in [0.25, 0.3) is 0 Å². The first-order chi connectivity index (χ1) is 14.2. The monoisotopic (exact) mass is 412 g/mol. The minimum absolute atomic E-state index is 0.122. The van der Waals surface area contributed by atoms with Crippen molar-refractivity contribution in [3.63, 3.8) is 0 Å². The van der Waals surface area contributed by atoms with E-state index in [1.807, 2.05) is 41.4 Å². The van der Waals surface area contributed by atoms with Gasteiger partial charge in [0, 0.05) is 55.4 Å². The Hall–Kier alpha value is -2.87. The van der Waals surface area contributed by atoms with Gasteiger partial charge in [-0.3, -0.25) is 9.20 Å². The van der Waals surface area contributed by atoms with E-state index in [1.54, 1.807) is 23.2 Å². The lowest BCUT2D eigenvalue weighted by molar-refractivity contribution is -0.132. The maximum absolute atomic E-state index is 12.6. The molecule has 1 aromatic carbocycles. The third-order valence-corrected chi connectivity index (χ3v) is 6.00. The number of piperazine rings is 1. The number of aryl methyl sites for hydroxylation is 1. The quantitative estimate of drug-likeness (QED) is 0.645. The molecule has 0 bridgehead atoms. The molecule has 7 nitrogen and oxygen atoms in total. The highest BCUT2D eigenvalue weighted by atomic mass is 32.1. The van der Waals surface area contributed by atoms with Crippen LogP contribution >= 0.6 is 11.3 Å². The van der Waals surface area contributed by atoms with E-state index in [-0.39, 0.29) is 12.0 Å². The summed E-state index contributed by atoms with van der Waals surface area (Å²) >= 11 is 1.59. The molecular weight excluding hydrogens is 388 g/mol. The maximum atomic E-state index is 12.6. The van der Waals surface area contributed by atoms with Gasteiger partial charge in [-0.05, 0) is 13.3 Å². The standard InChI is InChI=1S/C21H24N4O3S/c1-2-28-21(27)24-12-10-23(11-13-24)19(26)9-8-17-15-29-20-22-18(14-25(17)20)16-6-4-3-5-7-16/h3-7,14-15H,2,8-13H2,1H3. The molecule has 0 spiro atoms. The molecule has 0 atom stereocenters. The van der Waals surface area contributed by atoms with Crippen LogP contribution < -0.4 is 0 Å². The predicted octanol–water partition coefficient (Wildman–Crippen LogP) is 3.30. The number of fused-ring (bicyclic) bond motifs is 1. The molecule has 1 aliphatic heterocycles. The lowest BCUT2D eigenvalue weighted by Crippen LogP contribution is -2.50. The van der Waals surface area contributed by atoms with Crippen LogP contribution in [-0.2, 0) is 16.0 Å². The highest BCUT2D eigenvalue weighted by molar-refractivity contribution is 7.15. The highest BCUT2D eigenvalue weighted by Gasteiger charge is 2.24. The van der Waals surface area contributed by atoms with E-state index in [1.165, 1.54) is 0 Å². The van der Waals surface area contributed by atoms with Crippen molar-refractivity contribution in [1.82, 2.24) is 19.2 Å². The molecule has 0 saturated carbocycles. The maximum Gasteiger partial charge on any atom is 0.409 e. The summed E-state index contributed by atoms with van der Waals surface area (Å²) in [5.41, 5.74) is 3.13. The second kappa shape index (κ2) is 8.65. The Morgan fingerprint density at radius 2 is 1.83 bits per heavy atom. The van der Waals surface area contributed by atoms with Crippen molar-refractivity contribution in [2.45, 2.75) is 19.8 Å². The number of aromatic nitrogens is 2. The van der Waals surface area contributed by atoms with E-state index in [9.17, 15) is 9.59 Å². The fourth-order valence-corrected chi connectivity index (χ4v) is 4.41. The van der Waals surface area contributed by atoms with E-state index in [2.05, 4.69) is 9.78 Å². The number of hydrogen-bond acceptors (Lipinski definition) is 5. The molecule has 2 amide bonds. The van der Waals surface area contributed by atoms with Crippen molar-refractivity contribution in [3.05, 3.63) is 47.6 Å². The summed E-state index contributed by atoms with van der Waals surface area (Å²) in [7, 11) is 0. The number of rotatable bonds is 5. The number of thiazole rings is 1. The van der Waals surface area contributed by atoms with E-state index >= 15 is 0 Å². The molecule has 3 aromatic rings. The Bertz CT molecular complexity index is 990. The molecule has 152 valence electrons. The first kappa shape index (κ1) is 19.4. The highest BCUT2D eigenvalue weighted by Crippen LogP contribution is 2.24. The number of imidazole rings is 1. The smallest absolute Gasteiger partial charge is 0.409 e. The average Bonchev–Trinajstić information content (AvgIpc) is 3.34. The molecule has 4 rings (SSSR count). The number of hydrogen-bond donors (Lipinski definition) is 0. The topological polar surface area (TPSA) is 67.2 Å². The van der Waals surface area contributed by atoms with E-state index in [4.69, 9.17) is 9.72 Å². The molecule has 1 aliphatic rings. The lowest BCUT2D eigenvalue weighted by atomic mass is 10.2. The van der Waals surface area contributed by atoms with Crippen molar-refractivity contribution < 1.29 is 14.3 Å². The van der Waals surface area contributed by atoms with Crippen LogP contribution in [0.15, 0.2) is 41.9 Å². The molecule has 0 unspecified atom stereocenters. The molecule has 8 heteroatoms. The van der Waals surface area contributed by atoms with Gasteiger partial charge in [0.1, 0.15) is 0 Å². The Balaban J connectivity index is 1.35. The summed E-state index contributed by atoms with van der Waals surface area (Å²) in [4.78, 5) is 33.5. The zero-order valence-corrected chi connectivity index (χ0v) is 17.2. The predicted molar refractivity (Wildman–Crippen MR) is 112 cm³/mol. The van der Waals surface area contributed by atoms with Gasteiger partial charge in [0.2, 0.25) is 5.91 Å². The molecule has 0 radical (unpaired) electrons. The van der Waals surface area contributed by atoms with E-state index < -0.39 is 0 Å². The van der Waals surface area contributed by atoms with Crippen LogP contribution in [0.2, 0.25) is 0 Å². The summed E-state index contributed by atoms with van der Waals surface area (Å²) in [5.74, 6) is 0.122. The fourth-order valence-electron chi connectivity index (χ4n) is 3.50. The van der Waals surface area contributed by atoms with Gasteiger partial charge in [-0.15, -0.1) is 11.3 Å². The lowest BCUT2D eigenvalue weighted by Gasteiger charge is -2.34. The van der Waals surface area contributed by atoms with Crippen LogP contribution in [0.4, 0.5) is 4.79 Å². The average molecular weight is 413 g/mol. The van der Waals surface area contributed by atoms with E-state index in [0.29, 0.717) is 45.6 Å². The van der Waals surface area contributed by atoms with Crippen molar-refractivity contribution in [2.24, 2.45) is 0 Å². The number of amides is 2. The first-order valence-electron chi connectivity index (χ1n) is 9.86. The largest absolute Gasteiger partial charge is 0.450 e. The molecular formula is C21H24N4O3S. The molecule has 0 aliphatic carbocycles. The van der Waals surface area contributed by atoms with Crippen molar-refractivity contribution in [3.8, 4) is 11.3 Å². The number of carbonyl (C=O) groups is 2. The molecule has 1 saturated heterocycles. The van der Waals surface area contributed by atoms with Crippen molar-refractivity contribution in [2.75, 3.05) is 32.8 Å². The van der Waals surface area contributed by atoms with Gasteiger partial charge in [0.05, 0.1) is 12.3 Å². The minimum atomic E-state index is -0.297. The van der Waals surface area contributed by atoms with Gasteiger partial charge < -0.3 is 14.5 Å². The fraction of sp³-hybridized carbons (Fsp3) is 0.381. The molecule has 0 N–H and O–H groups in total. The number of carbonyl (C=O) groups excluding carboxylic acids is 2. The third-order valence-electron chi connectivity index (χ3n) is 5.11. The van der Waals surface area contributed by atoms with Crippen LogP contribution in [0.1, 0.15) is 19.0 Å². The Labute approximate surface area is 173 Å². The third kappa shape index (κ3) is 4.27. The molecule has 29 heavy (non-hydrogen) atoms. The van der Waals surface area contributed by atoms with Gasteiger partial charge in [-0.25, -0.2) is 9.78 Å². The van der Waals surface area contributed by atoms with Gasteiger partial charge in [0.15, 0.2) is 4.96 Å². The second-order valence-electron chi connectivity index (χ2n) is 6.94. The van der Waals surface area contributed by atoms with Crippen LogP contribution in [0.3, 0.4) is 0 Å². The number of ether oxygens (including phenoxy) is 1. The Morgan fingerprint density at radius 3 is 2.55 bits per heavy atom. The summed E-state index contributed by atoms with van der Waals surface area (Å²) in [6.07, 6.45) is 2.86. The first-order valence-corrected chi connectivity index (χ1v) is 10.7. The second-order valence-corrected chi connectivity index (χ2v) is 7.78. The number of nitrogens with zero attached hydrogens (tertiary/aromatic N) is 4. The zero-order chi connectivity index (χ0) is 20.2. The van der Waals surface area contributed by atoms with Crippen LogP contribution in [0.25, 0.3) is 16.2 Å². The van der Waals surface area contributed by atoms with E-state index in [0.717, 1.165) is 21.9 Å². The number of benzene rings is 1. The summed E-state index contributed by atoms with van der Waals surface area (Å²) < 4.78 is 7.11. The molecule has 3 heterocycles. The van der Waals surface area contributed by atoms with Gasteiger partial charge in [-0.1, -0.05) is 30.3 Å². The molecule has 2 aromatic heterocycles. The van der Waals surface area contributed by atoms with Crippen LogP contribution in [-0.4, -0.2) is 64.0 Å². The SMILES string of the molecule is CCOC(=O)N1CCN(C(=O)CCc2csc3nc(-c4ccccc4)cn23)CC1. The van der Waals surface area contributed by atoms with Crippen molar-refractivity contribution in [1.29, 1.82) is 0 Å². The molecule has 1 fully saturated rings. The van der Waals surface area contributed by atoms with Gasteiger partial charge >= 0.3 is 6.09 Å². The zero-order valence-electron chi connectivity index (χ0n) is 16.4.